The van der Waals surface area contributed by atoms with Gasteiger partial charge in [0.1, 0.15) is 5.75 Å². The minimum Gasteiger partial charge on any atom is -0.496 e. The zero-order chi connectivity index (χ0) is 17.8. The number of amides is 1. The van der Waals surface area contributed by atoms with Gasteiger partial charge in [0.2, 0.25) is 0 Å². The molecule has 1 aliphatic heterocycles. The summed E-state index contributed by atoms with van der Waals surface area (Å²) < 4.78 is 5.33. The van der Waals surface area contributed by atoms with Gasteiger partial charge >= 0.3 is 0 Å². The number of hydrogen-bond acceptors (Lipinski definition) is 3. The first-order valence-electron chi connectivity index (χ1n) is 8.47. The van der Waals surface area contributed by atoms with E-state index in [4.69, 9.17) is 16.3 Å². The lowest BCUT2D eigenvalue weighted by Gasteiger charge is -2.35. The smallest absolute Gasteiger partial charge is 0.254 e. The van der Waals surface area contributed by atoms with Crippen molar-refractivity contribution < 1.29 is 9.53 Å². The van der Waals surface area contributed by atoms with Crippen LogP contribution in [0.5, 0.6) is 5.75 Å². The molecule has 5 heteroatoms. The van der Waals surface area contributed by atoms with Crippen LogP contribution in [0.3, 0.4) is 0 Å². The molecule has 1 fully saturated rings. The lowest BCUT2D eigenvalue weighted by atomic mass is 10.1. The van der Waals surface area contributed by atoms with Crippen LogP contribution < -0.4 is 4.74 Å². The molecular weight excluding hydrogens is 336 g/mol. The molecule has 0 aromatic heterocycles. The van der Waals surface area contributed by atoms with Crippen LogP contribution >= 0.6 is 11.6 Å². The van der Waals surface area contributed by atoms with Gasteiger partial charge in [0.25, 0.3) is 5.91 Å². The van der Waals surface area contributed by atoms with E-state index < -0.39 is 0 Å². The lowest BCUT2D eigenvalue weighted by Crippen LogP contribution is -2.48. The number of piperazine rings is 1. The standard InChI is InChI=1S/C20H23ClN2O2/c1-15-6-7-17(13-19(15)25-2)20(24)23-10-8-22(9-11-23)14-16-4-3-5-18(21)12-16/h3-7,12-13H,8-11,14H2,1-2H3. The number of benzene rings is 2. The molecule has 132 valence electrons. The summed E-state index contributed by atoms with van der Waals surface area (Å²) in [5.74, 6) is 0.825. The number of halogens is 1. The quantitative estimate of drug-likeness (QED) is 0.837. The van der Waals surface area contributed by atoms with E-state index >= 15 is 0 Å². The van der Waals surface area contributed by atoms with Crippen molar-refractivity contribution in [2.45, 2.75) is 13.5 Å². The van der Waals surface area contributed by atoms with Crippen molar-refractivity contribution in [3.8, 4) is 5.75 Å². The summed E-state index contributed by atoms with van der Waals surface area (Å²) in [5.41, 5.74) is 2.92. The number of aryl methyl sites for hydroxylation is 1. The van der Waals surface area contributed by atoms with Gasteiger partial charge in [-0.2, -0.15) is 0 Å². The van der Waals surface area contributed by atoms with Crippen LogP contribution in [-0.4, -0.2) is 49.0 Å². The topological polar surface area (TPSA) is 32.8 Å². The zero-order valence-electron chi connectivity index (χ0n) is 14.7. The average Bonchev–Trinajstić information content (AvgIpc) is 2.62. The van der Waals surface area contributed by atoms with Crippen LogP contribution in [0.2, 0.25) is 5.02 Å². The number of methoxy groups -OCH3 is 1. The van der Waals surface area contributed by atoms with E-state index in [1.54, 1.807) is 7.11 Å². The van der Waals surface area contributed by atoms with Crippen LogP contribution in [0.4, 0.5) is 0 Å². The maximum Gasteiger partial charge on any atom is 0.254 e. The normalized spacial score (nSPS) is 15.2. The van der Waals surface area contributed by atoms with Gasteiger partial charge in [0, 0.05) is 43.3 Å². The van der Waals surface area contributed by atoms with Gasteiger partial charge in [-0.25, -0.2) is 0 Å². The first-order chi connectivity index (χ1) is 12.1. The molecule has 0 N–H and O–H groups in total. The molecule has 1 aliphatic rings. The van der Waals surface area contributed by atoms with Crippen molar-refractivity contribution in [3.05, 3.63) is 64.2 Å². The highest BCUT2D eigenvalue weighted by Gasteiger charge is 2.22. The minimum absolute atomic E-state index is 0.0701. The summed E-state index contributed by atoms with van der Waals surface area (Å²) in [6.07, 6.45) is 0. The second kappa shape index (κ2) is 7.89. The Morgan fingerprint density at radius 1 is 1.12 bits per heavy atom. The number of nitrogens with zero attached hydrogens (tertiary/aromatic N) is 2. The van der Waals surface area contributed by atoms with Crippen molar-refractivity contribution in [2.24, 2.45) is 0 Å². The summed E-state index contributed by atoms with van der Waals surface area (Å²) in [7, 11) is 1.63. The molecule has 0 unspecified atom stereocenters. The molecular formula is C20H23ClN2O2. The first kappa shape index (κ1) is 17.8. The van der Waals surface area contributed by atoms with Gasteiger partial charge in [-0.3, -0.25) is 9.69 Å². The molecule has 1 saturated heterocycles. The molecule has 0 radical (unpaired) electrons. The van der Waals surface area contributed by atoms with E-state index in [2.05, 4.69) is 11.0 Å². The van der Waals surface area contributed by atoms with Crippen molar-refractivity contribution in [2.75, 3.05) is 33.3 Å². The van der Waals surface area contributed by atoms with Crippen molar-refractivity contribution in [3.63, 3.8) is 0 Å². The molecule has 0 atom stereocenters. The summed E-state index contributed by atoms with van der Waals surface area (Å²) in [6, 6.07) is 13.6. The monoisotopic (exact) mass is 358 g/mol. The summed E-state index contributed by atoms with van der Waals surface area (Å²) in [4.78, 5) is 17.0. The highest BCUT2D eigenvalue weighted by Crippen LogP contribution is 2.21. The Morgan fingerprint density at radius 2 is 1.88 bits per heavy atom. The van der Waals surface area contributed by atoms with Crippen LogP contribution in [0, 0.1) is 6.92 Å². The molecule has 2 aromatic rings. The van der Waals surface area contributed by atoms with E-state index in [1.807, 2.05) is 48.2 Å². The molecule has 4 nitrogen and oxygen atoms in total. The summed E-state index contributed by atoms with van der Waals surface area (Å²) in [6.45, 7) is 6.02. The maximum atomic E-state index is 12.7. The van der Waals surface area contributed by atoms with Gasteiger partial charge < -0.3 is 9.64 Å². The summed E-state index contributed by atoms with van der Waals surface area (Å²) >= 11 is 6.05. The van der Waals surface area contributed by atoms with Gasteiger partial charge in [-0.15, -0.1) is 0 Å². The molecule has 0 aliphatic carbocycles. The number of carbonyl (C=O) groups is 1. The Balaban J connectivity index is 1.59. The molecule has 0 saturated carbocycles. The van der Waals surface area contributed by atoms with Gasteiger partial charge in [-0.05, 0) is 42.3 Å². The van der Waals surface area contributed by atoms with Gasteiger partial charge in [0.05, 0.1) is 7.11 Å². The van der Waals surface area contributed by atoms with E-state index in [9.17, 15) is 4.79 Å². The Labute approximate surface area is 154 Å². The number of carbonyl (C=O) groups excluding carboxylic acids is 1. The third kappa shape index (κ3) is 4.33. The fourth-order valence-electron chi connectivity index (χ4n) is 3.14. The van der Waals surface area contributed by atoms with Crippen molar-refractivity contribution in [1.82, 2.24) is 9.80 Å². The maximum absolute atomic E-state index is 12.7. The van der Waals surface area contributed by atoms with E-state index in [1.165, 1.54) is 5.56 Å². The lowest BCUT2D eigenvalue weighted by molar-refractivity contribution is 0.0628. The molecule has 0 bridgehead atoms. The first-order valence-corrected chi connectivity index (χ1v) is 8.85. The predicted molar refractivity (Wildman–Crippen MR) is 100 cm³/mol. The minimum atomic E-state index is 0.0701. The van der Waals surface area contributed by atoms with Crippen molar-refractivity contribution >= 4 is 17.5 Å². The van der Waals surface area contributed by atoms with E-state index in [0.717, 1.165) is 49.1 Å². The Kier molecular flexibility index (Phi) is 5.61. The van der Waals surface area contributed by atoms with Crippen LogP contribution in [-0.2, 0) is 6.54 Å². The second-order valence-electron chi connectivity index (χ2n) is 6.38. The second-order valence-corrected chi connectivity index (χ2v) is 6.82. The number of rotatable bonds is 4. The summed E-state index contributed by atoms with van der Waals surface area (Å²) in [5, 5.41) is 0.764. The van der Waals surface area contributed by atoms with Crippen molar-refractivity contribution in [1.29, 1.82) is 0 Å². The predicted octanol–water partition coefficient (Wildman–Crippen LogP) is 3.62. The van der Waals surface area contributed by atoms with E-state index in [-0.39, 0.29) is 5.91 Å². The Morgan fingerprint density at radius 3 is 2.56 bits per heavy atom. The highest BCUT2D eigenvalue weighted by atomic mass is 35.5. The van der Waals surface area contributed by atoms with Crippen LogP contribution in [0.1, 0.15) is 21.5 Å². The molecule has 1 heterocycles. The van der Waals surface area contributed by atoms with Crippen LogP contribution in [0.15, 0.2) is 42.5 Å². The largest absolute Gasteiger partial charge is 0.496 e. The molecule has 2 aromatic carbocycles. The molecule has 3 rings (SSSR count). The highest BCUT2D eigenvalue weighted by molar-refractivity contribution is 6.30. The van der Waals surface area contributed by atoms with E-state index in [0.29, 0.717) is 5.56 Å². The van der Waals surface area contributed by atoms with Gasteiger partial charge in [0.15, 0.2) is 0 Å². The fourth-order valence-corrected chi connectivity index (χ4v) is 3.35. The van der Waals surface area contributed by atoms with Gasteiger partial charge in [-0.1, -0.05) is 29.8 Å². The number of ether oxygens (including phenoxy) is 1. The molecule has 0 spiro atoms. The molecule has 25 heavy (non-hydrogen) atoms. The third-order valence-electron chi connectivity index (χ3n) is 4.61. The Hall–Kier alpha value is -2.04. The third-order valence-corrected chi connectivity index (χ3v) is 4.84. The SMILES string of the molecule is COc1cc(C(=O)N2CCN(Cc3cccc(Cl)c3)CC2)ccc1C. The van der Waals surface area contributed by atoms with Crippen LogP contribution in [0.25, 0.3) is 0 Å². The zero-order valence-corrected chi connectivity index (χ0v) is 15.4. The Bertz CT molecular complexity index is 755. The fraction of sp³-hybridized carbons (Fsp3) is 0.350. The molecule has 1 amide bonds. The number of hydrogen-bond donors (Lipinski definition) is 0. The average molecular weight is 359 g/mol.